The highest BCUT2D eigenvalue weighted by atomic mass is 35.5. The fraction of sp³-hybridized carbons (Fsp3) is 0.619. The molecule has 0 aliphatic heterocycles. The third kappa shape index (κ3) is 7.51. The fourth-order valence-electron chi connectivity index (χ4n) is 3.72. The molecule has 0 bridgehead atoms. The molecule has 1 aliphatic rings. The van der Waals surface area contributed by atoms with Crippen molar-refractivity contribution in [2.24, 2.45) is 17.6 Å². The Balaban J connectivity index is 0.00000364. The molecule has 0 heterocycles. The highest BCUT2D eigenvalue weighted by Crippen LogP contribution is 2.26. The number of hydrogen-bond donors (Lipinski definition) is 3. The van der Waals surface area contributed by atoms with Gasteiger partial charge in [-0.15, -0.1) is 12.4 Å². The molecule has 1 aromatic carbocycles. The Morgan fingerprint density at radius 3 is 2.26 bits per heavy atom. The number of nitrogens with one attached hydrogen (secondary N) is 2. The van der Waals surface area contributed by atoms with E-state index in [4.69, 9.17) is 5.73 Å². The van der Waals surface area contributed by atoms with E-state index in [1.165, 1.54) is 19.3 Å². The lowest BCUT2D eigenvalue weighted by Gasteiger charge is -2.32. The summed E-state index contributed by atoms with van der Waals surface area (Å²) in [6, 6.07) is 9.02. The van der Waals surface area contributed by atoms with Crippen molar-refractivity contribution >= 4 is 24.2 Å². The van der Waals surface area contributed by atoms with Crippen molar-refractivity contribution in [3.8, 4) is 0 Å². The minimum Gasteiger partial charge on any atom is -0.350 e. The van der Waals surface area contributed by atoms with Gasteiger partial charge in [0.25, 0.3) is 0 Å². The second-order valence-corrected chi connectivity index (χ2v) is 7.70. The van der Waals surface area contributed by atoms with E-state index >= 15 is 0 Å². The summed E-state index contributed by atoms with van der Waals surface area (Å²) in [5.74, 6) is 0.208. The largest absolute Gasteiger partial charge is 0.350 e. The zero-order valence-corrected chi connectivity index (χ0v) is 17.3. The highest BCUT2D eigenvalue weighted by Gasteiger charge is 2.29. The normalized spacial score (nSPS) is 16.9. The number of carbonyl (C=O) groups is 2. The van der Waals surface area contributed by atoms with Gasteiger partial charge in [-0.3, -0.25) is 9.59 Å². The average Bonchev–Trinajstić information content (AvgIpc) is 2.65. The average molecular weight is 396 g/mol. The van der Waals surface area contributed by atoms with E-state index in [-0.39, 0.29) is 42.6 Å². The summed E-state index contributed by atoms with van der Waals surface area (Å²) in [5, 5.41) is 6.01. The van der Waals surface area contributed by atoms with Crippen molar-refractivity contribution in [2.75, 3.05) is 6.54 Å². The topological polar surface area (TPSA) is 84.2 Å². The van der Waals surface area contributed by atoms with Crippen LogP contribution in [0.15, 0.2) is 30.3 Å². The number of carbonyl (C=O) groups excluding carboxylic acids is 2. The lowest BCUT2D eigenvalue weighted by Crippen LogP contribution is -2.55. The van der Waals surface area contributed by atoms with E-state index < -0.39 is 6.04 Å². The van der Waals surface area contributed by atoms with E-state index in [0.717, 1.165) is 18.4 Å². The zero-order chi connectivity index (χ0) is 18.9. The summed E-state index contributed by atoms with van der Waals surface area (Å²) >= 11 is 0. The van der Waals surface area contributed by atoms with Crippen molar-refractivity contribution < 1.29 is 9.59 Å². The predicted molar refractivity (Wildman–Crippen MR) is 112 cm³/mol. The Hall–Kier alpha value is -1.59. The van der Waals surface area contributed by atoms with Crippen molar-refractivity contribution in [1.29, 1.82) is 0 Å². The Kier molecular flexibility index (Phi) is 10.4. The smallest absolute Gasteiger partial charge is 0.243 e. The minimum absolute atomic E-state index is 0. The molecular weight excluding hydrogens is 362 g/mol. The molecule has 1 fully saturated rings. The summed E-state index contributed by atoms with van der Waals surface area (Å²) in [4.78, 5) is 25.2. The third-order valence-corrected chi connectivity index (χ3v) is 5.27. The number of nitrogens with two attached hydrogens (primary N) is 1. The van der Waals surface area contributed by atoms with Crippen LogP contribution in [0, 0.1) is 11.8 Å². The number of amides is 2. The van der Waals surface area contributed by atoms with Gasteiger partial charge >= 0.3 is 0 Å². The molecule has 0 spiro atoms. The van der Waals surface area contributed by atoms with Crippen molar-refractivity contribution in [3.63, 3.8) is 0 Å². The third-order valence-electron chi connectivity index (χ3n) is 5.27. The summed E-state index contributed by atoms with van der Waals surface area (Å²) in [7, 11) is 0. The van der Waals surface area contributed by atoms with Crippen molar-refractivity contribution in [1.82, 2.24) is 10.6 Å². The lowest BCUT2D eigenvalue weighted by atomic mass is 9.83. The van der Waals surface area contributed by atoms with Gasteiger partial charge in [-0.25, -0.2) is 0 Å². The van der Waals surface area contributed by atoms with Gasteiger partial charge in [0.2, 0.25) is 11.8 Å². The molecule has 2 atom stereocenters. The maximum atomic E-state index is 12.8. The molecule has 152 valence electrons. The predicted octanol–water partition coefficient (Wildman–Crippen LogP) is 2.82. The van der Waals surface area contributed by atoms with Crippen LogP contribution in [0.4, 0.5) is 0 Å². The molecule has 1 aromatic rings. The van der Waals surface area contributed by atoms with Crippen LogP contribution in [-0.4, -0.2) is 30.4 Å². The highest BCUT2D eigenvalue weighted by molar-refractivity contribution is 5.88. The van der Waals surface area contributed by atoms with Gasteiger partial charge in [0, 0.05) is 12.6 Å². The van der Waals surface area contributed by atoms with E-state index in [0.29, 0.717) is 12.5 Å². The molecule has 5 nitrogen and oxygen atoms in total. The van der Waals surface area contributed by atoms with Crippen LogP contribution in [0.2, 0.25) is 0 Å². The molecule has 0 aromatic heterocycles. The molecule has 1 aliphatic carbocycles. The summed E-state index contributed by atoms with van der Waals surface area (Å²) < 4.78 is 0. The molecular formula is C21H34ClN3O2. The number of rotatable bonds is 8. The first-order valence-electron chi connectivity index (χ1n) is 9.85. The molecule has 1 saturated carbocycles. The summed E-state index contributed by atoms with van der Waals surface area (Å²) in [5.41, 5.74) is 6.87. The van der Waals surface area contributed by atoms with E-state index in [9.17, 15) is 9.59 Å². The number of benzene rings is 1. The summed E-state index contributed by atoms with van der Waals surface area (Å²) in [6.07, 6.45) is 6.20. The van der Waals surface area contributed by atoms with Crippen molar-refractivity contribution in [3.05, 3.63) is 35.9 Å². The first-order chi connectivity index (χ1) is 12.5. The van der Waals surface area contributed by atoms with Crippen LogP contribution in [0.5, 0.6) is 0 Å². The van der Waals surface area contributed by atoms with Gasteiger partial charge in [0.1, 0.15) is 6.04 Å². The Morgan fingerprint density at radius 2 is 1.70 bits per heavy atom. The molecule has 27 heavy (non-hydrogen) atoms. The molecule has 2 amide bonds. The lowest BCUT2D eigenvalue weighted by molar-refractivity contribution is -0.130. The van der Waals surface area contributed by atoms with Gasteiger partial charge in [-0.2, -0.15) is 0 Å². The van der Waals surface area contributed by atoms with Crippen LogP contribution in [0.1, 0.15) is 51.5 Å². The summed E-state index contributed by atoms with van der Waals surface area (Å²) in [6.45, 7) is 4.34. The Morgan fingerprint density at radius 1 is 1.07 bits per heavy atom. The van der Waals surface area contributed by atoms with Gasteiger partial charge in [-0.1, -0.05) is 63.4 Å². The van der Waals surface area contributed by atoms with Gasteiger partial charge < -0.3 is 16.4 Å². The zero-order valence-electron chi connectivity index (χ0n) is 16.4. The molecule has 0 saturated heterocycles. The van der Waals surface area contributed by atoms with Gasteiger partial charge in [0.05, 0.1) is 6.42 Å². The van der Waals surface area contributed by atoms with Crippen LogP contribution in [0.3, 0.4) is 0 Å². The quantitative estimate of drug-likeness (QED) is 0.632. The Bertz CT molecular complexity index is 574. The standard InChI is InChI=1S/C21H33N3O2.ClH/c1-15(2)20(24-19(25)13-16-9-5-3-6-10-16)21(26)23-18(14-22)17-11-7-4-8-12-17;/h3,5-6,9-10,15,17-18,20H,4,7-8,11-14,22H2,1-2H3,(H,23,26)(H,24,25);1H. The SMILES string of the molecule is CC(C)C(NC(=O)Cc1ccccc1)C(=O)NC(CN)C1CCCCC1.Cl. The van der Waals surface area contributed by atoms with E-state index in [2.05, 4.69) is 10.6 Å². The van der Waals surface area contributed by atoms with E-state index in [1.807, 2.05) is 44.2 Å². The van der Waals surface area contributed by atoms with Crippen LogP contribution < -0.4 is 16.4 Å². The molecule has 4 N–H and O–H groups in total. The molecule has 0 radical (unpaired) electrons. The molecule has 2 unspecified atom stereocenters. The first-order valence-corrected chi connectivity index (χ1v) is 9.85. The van der Waals surface area contributed by atoms with Crippen molar-refractivity contribution in [2.45, 2.75) is 64.5 Å². The van der Waals surface area contributed by atoms with Gasteiger partial charge in [0.15, 0.2) is 0 Å². The Labute approximate surface area is 169 Å². The first kappa shape index (κ1) is 23.4. The number of halogens is 1. The van der Waals surface area contributed by atoms with Crippen LogP contribution in [0.25, 0.3) is 0 Å². The van der Waals surface area contributed by atoms with Gasteiger partial charge in [-0.05, 0) is 30.2 Å². The number of hydrogen-bond acceptors (Lipinski definition) is 3. The van der Waals surface area contributed by atoms with Crippen LogP contribution >= 0.6 is 12.4 Å². The second kappa shape index (κ2) is 12.0. The molecule has 6 heteroatoms. The maximum absolute atomic E-state index is 12.8. The minimum atomic E-state index is -0.538. The second-order valence-electron chi connectivity index (χ2n) is 7.70. The maximum Gasteiger partial charge on any atom is 0.243 e. The van der Waals surface area contributed by atoms with Crippen LogP contribution in [-0.2, 0) is 16.0 Å². The molecule has 2 rings (SSSR count). The fourth-order valence-corrected chi connectivity index (χ4v) is 3.72. The van der Waals surface area contributed by atoms with E-state index in [1.54, 1.807) is 0 Å². The monoisotopic (exact) mass is 395 g/mol.